The van der Waals surface area contributed by atoms with Gasteiger partial charge in [0.1, 0.15) is 0 Å². The summed E-state index contributed by atoms with van der Waals surface area (Å²) in [6.45, 7) is 0. The molecule has 0 N–H and O–H groups in total. The minimum absolute atomic E-state index is 0.844. The van der Waals surface area contributed by atoms with Crippen LogP contribution in [0.25, 0.3) is 0 Å². The summed E-state index contributed by atoms with van der Waals surface area (Å²) in [6, 6.07) is 24.4. The van der Waals surface area contributed by atoms with Crippen LogP contribution in [0.2, 0.25) is 0 Å². The second kappa shape index (κ2) is 8.14. The van der Waals surface area contributed by atoms with Crippen molar-refractivity contribution >= 4 is 36.5 Å². The van der Waals surface area contributed by atoms with Crippen molar-refractivity contribution in [2.45, 2.75) is 0 Å². The zero-order valence-corrected chi connectivity index (χ0v) is 17.6. The van der Waals surface area contributed by atoms with E-state index in [9.17, 15) is 0 Å². The fourth-order valence-electron chi connectivity index (χ4n) is 3.06. The molecule has 5 heteroatoms. The molecule has 134 valence electrons. The third-order valence-electron chi connectivity index (χ3n) is 4.27. The average molecular weight is 431 g/mol. The third kappa shape index (κ3) is 3.21. The van der Waals surface area contributed by atoms with Crippen molar-refractivity contribution in [1.29, 1.82) is 0 Å². The van der Waals surface area contributed by atoms with E-state index in [1.807, 2.05) is 54.6 Å². The van der Waals surface area contributed by atoms with E-state index in [0.29, 0.717) is 0 Å². The van der Waals surface area contributed by atoms with Crippen LogP contribution in [-0.2, 0) is 0 Å². The Bertz CT molecular complexity index is 833. The summed E-state index contributed by atoms with van der Waals surface area (Å²) in [4.78, 5) is 0. The molecule has 3 nitrogen and oxygen atoms in total. The minimum atomic E-state index is -2.19. The van der Waals surface area contributed by atoms with E-state index >= 15 is 0 Å². The van der Waals surface area contributed by atoms with E-state index in [0.717, 1.165) is 33.2 Å². The van der Waals surface area contributed by atoms with Crippen LogP contribution in [0.5, 0.6) is 17.2 Å². The molecule has 0 unspecified atom stereocenters. The predicted molar refractivity (Wildman–Crippen MR) is 111 cm³/mol. The van der Waals surface area contributed by atoms with Gasteiger partial charge in [0, 0.05) is 0 Å². The second-order valence-electron chi connectivity index (χ2n) is 5.62. The molecule has 3 aromatic rings. The Kier molecular flexibility index (Phi) is 5.88. The van der Waals surface area contributed by atoms with E-state index in [2.05, 4.69) is 33.3 Å². The summed E-state index contributed by atoms with van der Waals surface area (Å²) in [5.74, 6) is 2.53. The van der Waals surface area contributed by atoms with E-state index in [1.165, 1.54) is 0 Å². The number of benzene rings is 3. The predicted octanol–water partition coefficient (Wildman–Crippen LogP) is 3.09. The van der Waals surface area contributed by atoms with Crippen molar-refractivity contribution in [3.8, 4) is 17.2 Å². The molecule has 0 radical (unpaired) electrons. The Hall–Kier alpha value is -1.99. The van der Waals surface area contributed by atoms with Crippen molar-refractivity contribution in [3.05, 3.63) is 72.8 Å². The van der Waals surface area contributed by atoms with E-state index in [1.54, 1.807) is 21.3 Å². The summed E-state index contributed by atoms with van der Waals surface area (Å²) in [7, 11) is 5.11. The van der Waals surface area contributed by atoms with Crippen molar-refractivity contribution in [2.75, 3.05) is 21.3 Å². The fraction of sp³-hybridized carbons (Fsp3) is 0.143. The maximum absolute atomic E-state index is 5.71. The average Bonchev–Trinajstić information content (AvgIpc) is 2.73. The molecule has 0 saturated carbocycles. The van der Waals surface area contributed by atoms with Crippen LogP contribution >= 0.6 is 5.51 Å². The Balaban J connectivity index is 2.42. The Morgan fingerprint density at radius 1 is 0.538 bits per heavy atom. The first-order valence-electron chi connectivity index (χ1n) is 8.17. The van der Waals surface area contributed by atoms with Crippen LogP contribution in [0.15, 0.2) is 72.8 Å². The van der Waals surface area contributed by atoms with Gasteiger partial charge in [-0.3, -0.25) is 0 Å². The van der Waals surface area contributed by atoms with Crippen molar-refractivity contribution in [2.24, 2.45) is 0 Å². The van der Waals surface area contributed by atoms with Gasteiger partial charge in [-0.25, -0.2) is 0 Å². The molecular weight excluding hydrogens is 410 g/mol. The first-order valence-corrected chi connectivity index (χ1v) is 12.2. The monoisotopic (exact) mass is 432 g/mol. The summed E-state index contributed by atoms with van der Waals surface area (Å²) in [5.41, 5.74) is -2.19. The van der Waals surface area contributed by atoms with Crippen LogP contribution in [0.1, 0.15) is 0 Å². The molecule has 0 atom stereocenters. The van der Waals surface area contributed by atoms with Crippen LogP contribution in [0.3, 0.4) is 0 Å². The van der Waals surface area contributed by atoms with Gasteiger partial charge in [-0.2, -0.15) is 0 Å². The number of hydrogen-bond donors (Lipinski definition) is 0. The van der Waals surface area contributed by atoms with E-state index in [4.69, 9.17) is 14.2 Å². The molecule has 3 rings (SSSR count). The number of hydrogen-bond acceptors (Lipinski definition) is 3. The molecule has 0 spiro atoms. The van der Waals surface area contributed by atoms with Gasteiger partial charge in [-0.1, -0.05) is 0 Å². The van der Waals surface area contributed by atoms with Crippen LogP contribution in [-0.4, -0.2) is 36.4 Å². The van der Waals surface area contributed by atoms with Crippen molar-refractivity contribution < 1.29 is 14.2 Å². The van der Waals surface area contributed by atoms with Gasteiger partial charge in [-0.15, -0.1) is 0 Å². The summed E-state index contributed by atoms with van der Waals surface area (Å²) < 4.78 is 17.1. The van der Waals surface area contributed by atoms with Gasteiger partial charge in [-0.05, 0) is 0 Å². The SMILES string of the molecule is COc1ccccc1P(=[Se])(c1ccccc1OC)c1ccccc1OC. The number of para-hydroxylation sites is 3. The number of methoxy groups -OCH3 is 3. The van der Waals surface area contributed by atoms with Gasteiger partial charge >= 0.3 is 162 Å². The normalized spacial score (nSPS) is 11.0. The zero-order valence-electron chi connectivity index (χ0n) is 15.0. The third-order valence-corrected chi connectivity index (χ3v) is 11.1. The molecule has 0 aliphatic rings. The van der Waals surface area contributed by atoms with Gasteiger partial charge < -0.3 is 0 Å². The number of rotatable bonds is 6. The molecule has 0 aliphatic heterocycles. The second-order valence-corrected chi connectivity index (χ2v) is 11.7. The zero-order chi connectivity index (χ0) is 18.6. The Labute approximate surface area is 162 Å². The molecule has 0 heterocycles. The first-order chi connectivity index (χ1) is 12.7. The Morgan fingerprint density at radius 2 is 0.808 bits per heavy atom. The summed E-state index contributed by atoms with van der Waals surface area (Å²) in [6.07, 6.45) is 0. The van der Waals surface area contributed by atoms with Crippen molar-refractivity contribution in [3.63, 3.8) is 0 Å². The molecule has 0 fully saturated rings. The molecule has 0 saturated heterocycles. The fourth-order valence-corrected chi connectivity index (χ4v) is 9.00. The summed E-state index contributed by atoms with van der Waals surface area (Å²) in [5, 5.41) is 3.32. The van der Waals surface area contributed by atoms with E-state index in [-0.39, 0.29) is 0 Å². The van der Waals surface area contributed by atoms with Crippen LogP contribution in [0.4, 0.5) is 0 Å². The molecule has 3 aromatic carbocycles. The van der Waals surface area contributed by atoms with Gasteiger partial charge in [0.2, 0.25) is 0 Å². The molecule has 0 aromatic heterocycles. The van der Waals surface area contributed by atoms with Gasteiger partial charge in [0.05, 0.1) is 0 Å². The maximum atomic E-state index is 5.71. The topological polar surface area (TPSA) is 27.7 Å². The molecule has 0 aliphatic carbocycles. The molecule has 0 amide bonds. The molecule has 0 bridgehead atoms. The Morgan fingerprint density at radius 3 is 1.08 bits per heavy atom. The standard InChI is InChI=1S/C21H21O3PSe/c1-22-16-10-4-7-13-19(16)25(26,20-14-8-5-11-17(20)23-2)21-15-9-6-12-18(21)24-3/h4-15H,1-3H3. The summed E-state index contributed by atoms with van der Waals surface area (Å²) >= 11 is 3.53. The molecular formula is C21H21O3PSe. The van der Waals surface area contributed by atoms with Gasteiger partial charge in [0.15, 0.2) is 0 Å². The number of ether oxygens (including phenoxy) is 3. The van der Waals surface area contributed by atoms with E-state index < -0.39 is 5.51 Å². The quantitative estimate of drug-likeness (QED) is 0.444. The van der Waals surface area contributed by atoms with Crippen LogP contribution in [0, 0.1) is 0 Å². The molecule has 26 heavy (non-hydrogen) atoms. The first kappa shape index (κ1) is 18.8. The van der Waals surface area contributed by atoms with Gasteiger partial charge in [0.25, 0.3) is 0 Å². The van der Waals surface area contributed by atoms with Crippen LogP contribution < -0.4 is 30.1 Å². The van der Waals surface area contributed by atoms with Crippen molar-refractivity contribution in [1.82, 2.24) is 0 Å².